The number of nitrogens with zero attached hydrogens (tertiary/aromatic N) is 1. The number of anilines is 2. The number of amides is 1. The molecule has 1 aliphatic heterocycles. The van der Waals surface area contributed by atoms with E-state index in [1.807, 2.05) is 49.4 Å². The van der Waals surface area contributed by atoms with Gasteiger partial charge in [-0.1, -0.05) is 36.4 Å². The van der Waals surface area contributed by atoms with Crippen molar-refractivity contribution >= 4 is 27.3 Å². The van der Waals surface area contributed by atoms with Gasteiger partial charge in [0, 0.05) is 12.2 Å². The van der Waals surface area contributed by atoms with Gasteiger partial charge in [0.05, 0.1) is 17.4 Å². The van der Waals surface area contributed by atoms with E-state index in [1.165, 1.54) is 4.31 Å². The van der Waals surface area contributed by atoms with Crippen LogP contribution in [0.15, 0.2) is 48.5 Å². The first-order chi connectivity index (χ1) is 13.5. The number of hydrogen-bond donors (Lipinski definition) is 1. The van der Waals surface area contributed by atoms with Crippen LogP contribution >= 0.6 is 0 Å². The van der Waals surface area contributed by atoms with Crippen molar-refractivity contribution < 1.29 is 13.2 Å². The standard InChI is InChI=1S/C22H26N2O3S/c1-16-9-12-19(15-20(16)24-13-5-6-14-28(24,26)27)23-22(25)21(18-10-11-18)17-7-3-2-4-8-17/h2-4,7-9,12,15,18,21H,5-6,10-11,13-14H2,1H3,(H,23,25). The molecule has 1 saturated carbocycles. The minimum absolute atomic E-state index is 0.0231. The fraction of sp³-hybridized carbons (Fsp3) is 0.409. The fourth-order valence-corrected chi connectivity index (χ4v) is 5.66. The second kappa shape index (κ2) is 7.59. The van der Waals surface area contributed by atoms with Crippen molar-refractivity contribution in [2.75, 3.05) is 21.9 Å². The third-order valence-electron chi connectivity index (χ3n) is 5.63. The number of benzene rings is 2. The Bertz CT molecular complexity index is 969. The topological polar surface area (TPSA) is 66.5 Å². The molecule has 2 fully saturated rings. The van der Waals surface area contributed by atoms with E-state index in [9.17, 15) is 13.2 Å². The highest BCUT2D eigenvalue weighted by atomic mass is 32.2. The van der Waals surface area contributed by atoms with E-state index in [1.54, 1.807) is 6.07 Å². The minimum Gasteiger partial charge on any atom is -0.325 e. The SMILES string of the molecule is Cc1ccc(NC(=O)C(c2ccccc2)C2CC2)cc1N1CCCCS1(=O)=O. The summed E-state index contributed by atoms with van der Waals surface area (Å²) in [4.78, 5) is 13.1. The second-order valence-electron chi connectivity index (χ2n) is 7.81. The van der Waals surface area contributed by atoms with Crippen LogP contribution in [0, 0.1) is 12.8 Å². The van der Waals surface area contributed by atoms with Crippen molar-refractivity contribution in [2.24, 2.45) is 5.92 Å². The molecule has 5 nitrogen and oxygen atoms in total. The molecule has 1 atom stereocenters. The van der Waals surface area contributed by atoms with E-state index in [2.05, 4.69) is 5.32 Å². The van der Waals surface area contributed by atoms with Crippen molar-refractivity contribution in [1.82, 2.24) is 0 Å². The molecule has 28 heavy (non-hydrogen) atoms. The highest BCUT2D eigenvalue weighted by Gasteiger charge is 2.37. The maximum atomic E-state index is 13.1. The van der Waals surface area contributed by atoms with Gasteiger partial charge in [0.25, 0.3) is 0 Å². The maximum Gasteiger partial charge on any atom is 0.235 e. The summed E-state index contributed by atoms with van der Waals surface area (Å²) in [5.41, 5.74) is 3.24. The van der Waals surface area contributed by atoms with E-state index in [-0.39, 0.29) is 17.6 Å². The largest absolute Gasteiger partial charge is 0.325 e. The molecule has 0 radical (unpaired) electrons. The van der Waals surface area contributed by atoms with Gasteiger partial charge in [-0.3, -0.25) is 9.10 Å². The van der Waals surface area contributed by atoms with Gasteiger partial charge in [-0.2, -0.15) is 0 Å². The zero-order chi connectivity index (χ0) is 19.7. The first-order valence-corrected chi connectivity index (χ1v) is 11.5. The summed E-state index contributed by atoms with van der Waals surface area (Å²) in [6.45, 7) is 2.40. The summed E-state index contributed by atoms with van der Waals surface area (Å²) in [7, 11) is -3.29. The molecular weight excluding hydrogens is 372 g/mol. The molecule has 1 N–H and O–H groups in total. The lowest BCUT2D eigenvalue weighted by Gasteiger charge is -2.30. The van der Waals surface area contributed by atoms with E-state index in [4.69, 9.17) is 0 Å². The van der Waals surface area contributed by atoms with Gasteiger partial charge in [0.15, 0.2) is 0 Å². The van der Waals surface area contributed by atoms with Crippen molar-refractivity contribution in [1.29, 1.82) is 0 Å². The summed E-state index contributed by atoms with van der Waals surface area (Å²) in [6, 6.07) is 15.4. The minimum atomic E-state index is -3.29. The zero-order valence-corrected chi connectivity index (χ0v) is 16.9. The van der Waals surface area contributed by atoms with Gasteiger partial charge in [-0.25, -0.2) is 8.42 Å². The molecule has 1 amide bonds. The molecule has 1 heterocycles. The molecule has 0 spiro atoms. The number of sulfonamides is 1. The van der Waals surface area contributed by atoms with E-state index >= 15 is 0 Å². The van der Waals surface area contributed by atoms with E-state index < -0.39 is 10.0 Å². The molecule has 0 aromatic heterocycles. The van der Waals surface area contributed by atoms with Crippen LogP contribution in [0.4, 0.5) is 11.4 Å². The Balaban J connectivity index is 1.59. The molecule has 2 aliphatic rings. The predicted molar refractivity (Wildman–Crippen MR) is 112 cm³/mol. The molecule has 148 valence electrons. The Morgan fingerprint density at radius 3 is 2.54 bits per heavy atom. The maximum absolute atomic E-state index is 13.1. The van der Waals surface area contributed by atoms with Gasteiger partial charge in [-0.15, -0.1) is 0 Å². The average molecular weight is 399 g/mol. The molecule has 2 aromatic carbocycles. The van der Waals surface area contributed by atoms with Crippen LogP contribution in [0.25, 0.3) is 0 Å². The smallest absolute Gasteiger partial charge is 0.235 e. The highest BCUT2D eigenvalue weighted by molar-refractivity contribution is 7.92. The number of carbonyl (C=O) groups excluding carboxylic acids is 1. The Hall–Kier alpha value is -2.34. The first-order valence-electron chi connectivity index (χ1n) is 9.92. The van der Waals surface area contributed by atoms with E-state index in [0.29, 0.717) is 30.3 Å². The third-order valence-corrected chi connectivity index (χ3v) is 7.48. The highest BCUT2D eigenvalue weighted by Crippen LogP contribution is 2.43. The normalized spacial score (nSPS) is 19.8. The number of rotatable bonds is 5. The van der Waals surface area contributed by atoms with Crippen LogP contribution in [0.2, 0.25) is 0 Å². The Morgan fingerprint density at radius 1 is 1.11 bits per heavy atom. The quantitative estimate of drug-likeness (QED) is 0.826. The van der Waals surface area contributed by atoms with Crippen LogP contribution in [0.3, 0.4) is 0 Å². The first kappa shape index (κ1) is 19.0. The molecule has 1 aliphatic carbocycles. The van der Waals surface area contributed by atoms with Gasteiger partial charge >= 0.3 is 0 Å². The van der Waals surface area contributed by atoms with Crippen LogP contribution in [0.1, 0.15) is 42.7 Å². The number of aryl methyl sites for hydroxylation is 1. The number of carbonyl (C=O) groups is 1. The fourth-order valence-electron chi connectivity index (χ4n) is 3.96. The van der Waals surface area contributed by atoms with E-state index in [0.717, 1.165) is 30.4 Å². The lowest BCUT2D eigenvalue weighted by Crippen LogP contribution is -2.38. The van der Waals surface area contributed by atoms with Crippen molar-refractivity contribution in [3.8, 4) is 0 Å². The molecular formula is C22H26N2O3S. The Labute approximate surface area is 166 Å². The molecule has 1 unspecified atom stereocenters. The summed E-state index contributed by atoms with van der Waals surface area (Å²) in [5.74, 6) is 0.380. The lowest BCUT2D eigenvalue weighted by atomic mass is 9.93. The van der Waals surface area contributed by atoms with Crippen LogP contribution in [-0.2, 0) is 14.8 Å². The van der Waals surface area contributed by atoms with Crippen molar-refractivity contribution in [3.63, 3.8) is 0 Å². The molecule has 6 heteroatoms. The average Bonchev–Trinajstić information content (AvgIpc) is 3.49. The molecule has 2 aromatic rings. The molecule has 1 saturated heterocycles. The van der Waals surface area contributed by atoms with Crippen LogP contribution in [-0.4, -0.2) is 26.6 Å². The van der Waals surface area contributed by atoms with Gasteiger partial charge < -0.3 is 5.32 Å². The zero-order valence-electron chi connectivity index (χ0n) is 16.1. The third kappa shape index (κ3) is 3.92. The van der Waals surface area contributed by atoms with Crippen LogP contribution < -0.4 is 9.62 Å². The lowest BCUT2D eigenvalue weighted by molar-refractivity contribution is -0.118. The summed E-state index contributed by atoms with van der Waals surface area (Å²) in [6.07, 6.45) is 3.69. The van der Waals surface area contributed by atoms with Crippen molar-refractivity contribution in [3.05, 3.63) is 59.7 Å². The predicted octanol–water partition coefficient (Wildman–Crippen LogP) is 4.06. The molecule has 4 rings (SSSR count). The Kier molecular flexibility index (Phi) is 5.15. The number of hydrogen-bond acceptors (Lipinski definition) is 3. The van der Waals surface area contributed by atoms with Gasteiger partial charge in [0.2, 0.25) is 15.9 Å². The van der Waals surface area contributed by atoms with Gasteiger partial charge in [0.1, 0.15) is 0 Å². The monoisotopic (exact) mass is 398 g/mol. The summed E-state index contributed by atoms with van der Waals surface area (Å²) < 4.78 is 26.5. The van der Waals surface area contributed by atoms with Crippen molar-refractivity contribution in [2.45, 2.75) is 38.5 Å². The summed E-state index contributed by atoms with van der Waals surface area (Å²) in [5, 5.41) is 3.04. The second-order valence-corrected chi connectivity index (χ2v) is 9.82. The van der Waals surface area contributed by atoms with Gasteiger partial charge in [-0.05, 0) is 61.8 Å². The molecule has 0 bridgehead atoms. The Morgan fingerprint density at radius 2 is 1.86 bits per heavy atom. The summed E-state index contributed by atoms with van der Waals surface area (Å²) >= 11 is 0. The number of nitrogens with one attached hydrogen (secondary N) is 1. The van der Waals surface area contributed by atoms with Crippen LogP contribution in [0.5, 0.6) is 0 Å².